The molecule has 0 aliphatic carbocycles. The van der Waals surface area contributed by atoms with E-state index in [4.69, 9.17) is 19.4 Å². The Labute approximate surface area is 223 Å². The summed E-state index contributed by atoms with van der Waals surface area (Å²) in [7, 11) is 1.50. The van der Waals surface area contributed by atoms with Crippen LogP contribution in [-0.4, -0.2) is 53.7 Å². The van der Waals surface area contributed by atoms with Crippen LogP contribution in [0.1, 0.15) is 43.4 Å². The zero-order chi connectivity index (χ0) is 22.5. The molecule has 210 valence electrons. The first-order valence-electron chi connectivity index (χ1n) is 11.3. The van der Waals surface area contributed by atoms with E-state index in [1.54, 1.807) is 0 Å². The summed E-state index contributed by atoms with van der Waals surface area (Å²) in [5.41, 5.74) is 6.38. The molecule has 0 spiro atoms. The molecule has 12 nitrogen and oxygen atoms in total. The van der Waals surface area contributed by atoms with Crippen molar-refractivity contribution in [1.29, 1.82) is 0 Å². The van der Waals surface area contributed by atoms with Gasteiger partial charge >= 0.3 is 5.63 Å². The molecule has 13 heteroatoms. The minimum Gasteiger partial charge on any atom is -0.423 e. The summed E-state index contributed by atoms with van der Waals surface area (Å²) in [6.45, 7) is 5.81. The summed E-state index contributed by atoms with van der Waals surface area (Å²) < 4.78 is 5.38. The fourth-order valence-electron chi connectivity index (χ4n) is 4.24. The molecule has 0 amide bonds. The first kappa shape index (κ1) is 33.0. The summed E-state index contributed by atoms with van der Waals surface area (Å²) >= 11 is 0. The van der Waals surface area contributed by atoms with E-state index in [2.05, 4.69) is 20.9 Å². The standard InChI is InChI=1S/C22H26N6O2.CH5N.ClH.2H3N.H2O.4H2/c1-15-13-19(29)30-18-14-16(7-8-17(15)18)23-20-24-21(27-9-3-2-4-10-27)26-22(25-20)28-11-5-6-12-28;1-2;;;;;;;;/h7-8,13-14H,2-6,9-12H2,1H3,(H,23,24,25,26);2H2,1H3;1H;2*1H3;1H2;4*1H. The van der Waals surface area contributed by atoms with Crippen molar-refractivity contribution in [2.45, 2.75) is 39.0 Å². The lowest BCUT2D eigenvalue weighted by Crippen LogP contribution is -2.32. The average molecular weight is 534 g/mol. The maximum Gasteiger partial charge on any atom is 0.336 e. The highest BCUT2D eigenvalue weighted by Gasteiger charge is 2.21. The van der Waals surface area contributed by atoms with Gasteiger partial charge in [-0.25, -0.2) is 4.79 Å². The van der Waals surface area contributed by atoms with Crippen molar-refractivity contribution in [2.24, 2.45) is 5.73 Å². The Morgan fingerprint density at radius 3 is 1.97 bits per heavy atom. The van der Waals surface area contributed by atoms with E-state index in [1.165, 1.54) is 19.5 Å². The molecule has 0 bridgehead atoms. The number of halogens is 1. The molecular formula is C23H48ClN9O3. The predicted molar refractivity (Wildman–Crippen MR) is 157 cm³/mol. The van der Waals surface area contributed by atoms with Crippen molar-refractivity contribution in [1.82, 2.24) is 27.3 Å². The quantitative estimate of drug-likeness (QED) is 0.350. The lowest BCUT2D eigenvalue weighted by atomic mass is 10.1. The molecule has 2 aliphatic heterocycles. The van der Waals surface area contributed by atoms with Gasteiger partial charge in [0.05, 0.1) is 0 Å². The van der Waals surface area contributed by atoms with Gasteiger partial charge in [0.1, 0.15) is 5.58 Å². The van der Waals surface area contributed by atoms with Crippen LogP contribution in [-0.2, 0) is 0 Å². The third-order valence-corrected chi connectivity index (χ3v) is 5.85. The molecule has 2 aromatic heterocycles. The van der Waals surface area contributed by atoms with Crippen molar-refractivity contribution in [2.75, 3.05) is 48.3 Å². The average Bonchev–Trinajstić information content (AvgIpc) is 3.36. The van der Waals surface area contributed by atoms with Gasteiger partial charge in [0.15, 0.2) is 0 Å². The lowest BCUT2D eigenvalue weighted by Gasteiger charge is -2.27. The van der Waals surface area contributed by atoms with Gasteiger partial charge in [0, 0.05) is 55.1 Å². The van der Waals surface area contributed by atoms with Crippen LogP contribution in [0, 0.1) is 6.92 Å². The molecule has 0 radical (unpaired) electrons. The van der Waals surface area contributed by atoms with Crippen molar-refractivity contribution in [3.8, 4) is 0 Å². The summed E-state index contributed by atoms with van der Waals surface area (Å²) in [6.07, 6.45) is 5.91. The van der Waals surface area contributed by atoms with Crippen LogP contribution in [0.4, 0.5) is 23.5 Å². The molecule has 3 aromatic rings. The number of aromatic nitrogens is 3. The number of anilines is 4. The van der Waals surface area contributed by atoms with Crippen LogP contribution in [0.15, 0.2) is 33.5 Å². The van der Waals surface area contributed by atoms with E-state index < -0.39 is 0 Å². The summed E-state index contributed by atoms with van der Waals surface area (Å²) in [6, 6.07) is 7.23. The van der Waals surface area contributed by atoms with Crippen LogP contribution in [0.2, 0.25) is 0 Å². The number of hydrogen-bond donors (Lipinski definition) is 4. The van der Waals surface area contributed by atoms with Gasteiger partial charge in [-0.3, -0.25) is 0 Å². The smallest absolute Gasteiger partial charge is 0.336 e. The van der Waals surface area contributed by atoms with Crippen molar-refractivity contribution >= 4 is 46.9 Å². The van der Waals surface area contributed by atoms with E-state index >= 15 is 0 Å². The molecule has 2 fully saturated rings. The topological polar surface area (TPSA) is 215 Å². The van der Waals surface area contributed by atoms with Crippen LogP contribution < -0.4 is 38.8 Å². The molecule has 4 heterocycles. The minimum absolute atomic E-state index is 0. The highest BCUT2D eigenvalue weighted by molar-refractivity contribution is 5.85. The van der Waals surface area contributed by atoms with E-state index in [1.807, 2.05) is 25.1 Å². The first-order chi connectivity index (χ1) is 15.7. The number of benzene rings is 1. The largest absolute Gasteiger partial charge is 0.423 e. The number of aryl methyl sites for hydroxylation is 1. The number of nitrogens with one attached hydrogen (secondary N) is 1. The molecule has 0 atom stereocenters. The predicted octanol–water partition coefficient (Wildman–Crippen LogP) is 4.10. The Hall–Kier alpha value is -3.03. The molecule has 0 saturated carbocycles. The Morgan fingerprint density at radius 2 is 1.42 bits per heavy atom. The molecule has 2 aliphatic rings. The number of piperidine rings is 1. The van der Waals surface area contributed by atoms with Crippen LogP contribution in [0.3, 0.4) is 0 Å². The molecule has 2 saturated heterocycles. The lowest BCUT2D eigenvalue weighted by molar-refractivity contribution is 0.560. The second-order valence-corrected chi connectivity index (χ2v) is 8.09. The van der Waals surface area contributed by atoms with Crippen LogP contribution >= 0.6 is 12.4 Å². The molecule has 11 N–H and O–H groups in total. The second kappa shape index (κ2) is 15.2. The van der Waals surface area contributed by atoms with Crippen molar-refractivity contribution in [3.63, 3.8) is 0 Å². The molecule has 36 heavy (non-hydrogen) atoms. The normalized spacial score (nSPS) is 14.3. The van der Waals surface area contributed by atoms with E-state index in [0.717, 1.165) is 80.4 Å². The number of hydrogen-bond acceptors (Lipinski definition) is 11. The SMILES string of the molecule is CN.Cc1cc(=O)oc2cc(Nc3nc(N4CCCCC4)nc(N4CCCC4)n3)ccc12.Cl.N.N.O.[HH].[HH].[HH].[HH]. The fraction of sp³-hybridized carbons (Fsp3) is 0.478. The Kier molecular flexibility index (Phi) is 13.9. The number of nitrogens with zero attached hydrogens (tertiary/aromatic N) is 5. The fourth-order valence-corrected chi connectivity index (χ4v) is 4.24. The van der Waals surface area contributed by atoms with E-state index in [0.29, 0.717) is 11.5 Å². The third kappa shape index (κ3) is 7.48. The van der Waals surface area contributed by atoms with E-state index in [9.17, 15) is 4.79 Å². The number of nitrogens with two attached hydrogens (primary N) is 1. The minimum atomic E-state index is -0.346. The van der Waals surface area contributed by atoms with Gasteiger partial charge in [-0.2, -0.15) is 15.0 Å². The highest BCUT2D eigenvalue weighted by atomic mass is 35.5. The number of rotatable bonds is 4. The molecule has 5 rings (SSSR count). The van der Waals surface area contributed by atoms with Crippen molar-refractivity contribution < 1.29 is 15.6 Å². The van der Waals surface area contributed by atoms with Gasteiger partial charge in [-0.05, 0) is 63.8 Å². The molecular weight excluding hydrogens is 486 g/mol. The first-order valence-corrected chi connectivity index (χ1v) is 11.3. The van der Waals surface area contributed by atoms with Crippen LogP contribution in [0.5, 0.6) is 0 Å². The Bertz CT molecular complexity index is 1150. The monoisotopic (exact) mass is 533 g/mol. The highest BCUT2D eigenvalue weighted by Crippen LogP contribution is 2.26. The summed E-state index contributed by atoms with van der Waals surface area (Å²) in [5, 5.41) is 4.22. The maximum absolute atomic E-state index is 11.8. The van der Waals surface area contributed by atoms with E-state index in [-0.39, 0.29) is 41.5 Å². The number of fused-ring (bicyclic) bond motifs is 1. The van der Waals surface area contributed by atoms with Gasteiger partial charge in [-0.15, -0.1) is 12.4 Å². The second-order valence-electron chi connectivity index (χ2n) is 8.09. The Morgan fingerprint density at radius 1 is 0.889 bits per heavy atom. The summed E-state index contributed by atoms with van der Waals surface area (Å²) in [4.78, 5) is 30.4. The third-order valence-electron chi connectivity index (χ3n) is 5.85. The molecule has 0 unspecified atom stereocenters. The van der Waals surface area contributed by atoms with Crippen LogP contribution in [0.25, 0.3) is 11.0 Å². The van der Waals surface area contributed by atoms with Gasteiger partial charge in [-0.1, -0.05) is 0 Å². The Balaban J connectivity index is -0.000000400. The maximum atomic E-state index is 11.8. The van der Waals surface area contributed by atoms with Gasteiger partial charge in [0.25, 0.3) is 0 Å². The van der Waals surface area contributed by atoms with Gasteiger partial charge < -0.3 is 43.0 Å². The zero-order valence-corrected chi connectivity index (χ0v) is 21.9. The van der Waals surface area contributed by atoms with Crippen molar-refractivity contribution in [3.05, 3.63) is 40.2 Å². The zero-order valence-electron chi connectivity index (χ0n) is 21.1. The molecule has 1 aromatic carbocycles. The van der Waals surface area contributed by atoms with Gasteiger partial charge in [0.2, 0.25) is 17.8 Å². The summed E-state index contributed by atoms with van der Waals surface area (Å²) in [5.74, 6) is 1.98.